The van der Waals surface area contributed by atoms with Crippen molar-refractivity contribution in [3.63, 3.8) is 0 Å². The molecule has 0 fully saturated rings. The smallest absolute Gasteiger partial charge is 0.322 e. The highest BCUT2D eigenvalue weighted by molar-refractivity contribution is 5.98. The number of hydrogen-bond donors (Lipinski definition) is 2. The highest BCUT2D eigenvalue weighted by Gasteiger charge is 2.29. The Balaban J connectivity index is 1.51. The highest BCUT2D eigenvalue weighted by Crippen LogP contribution is 2.26. The summed E-state index contributed by atoms with van der Waals surface area (Å²) in [5, 5.41) is 4.62. The van der Waals surface area contributed by atoms with E-state index in [0.29, 0.717) is 29.2 Å². The molecule has 1 atom stereocenters. The molecule has 10 nitrogen and oxygen atoms in total. The van der Waals surface area contributed by atoms with Gasteiger partial charge >= 0.3 is 6.03 Å². The quantitative estimate of drug-likeness (QED) is 0.424. The lowest BCUT2D eigenvalue weighted by atomic mass is 10.1. The van der Waals surface area contributed by atoms with Gasteiger partial charge in [-0.15, -0.1) is 0 Å². The van der Waals surface area contributed by atoms with E-state index in [-0.39, 0.29) is 18.9 Å². The molecule has 0 aliphatic carbocycles. The highest BCUT2D eigenvalue weighted by atomic mass is 16.5. The average Bonchev–Trinajstić information content (AvgIpc) is 3.17. The number of ether oxygens (including phenoxy) is 1. The number of benzene rings is 1. The van der Waals surface area contributed by atoms with Crippen molar-refractivity contribution in [2.24, 2.45) is 0 Å². The molecule has 0 saturated heterocycles. The molecule has 0 bridgehead atoms. The van der Waals surface area contributed by atoms with Crippen molar-refractivity contribution in [1.82, 2.24) is 30.5 Å². The van der Waals surface area contributed by atoms with Gasteiger partial charge < -0.3 is 15.0 Å². The molecule has 1 aliphatic heterocycles. The number of urea groups is 1. The maximum atomic E-state index is 12.9. The first kappa shape index (κ1) is 22.4. The molecular formula is C24H20N6O4. The minimum atomic E-state index is -0.752. The van der Waals surface area contributed by atoms with Gasteiger partial charge in [0.2, 0.25) is 6.41 Å². The van der Waals surface area contributed by atoms with Crippen LogP contribution in [0.3, 0.4) is 0 Å². The SMILES string of the molecule is COc1ccc2c(c1)C(=O)N(C[C@@H](C#Cc1cnc(-c3cccnc3)nc1)NC(=O)NC=O)C2. The molecule has 0 saturated carbocycles. The van der Waals surface area contributed by atoms with E-state index in [1.165, 1.54) is 7.11 Å². The lowest BCUT2D eigenvalue weighted by Crippen LogP contribution is -2.46. The molecule has 3 aromatic rings. The molecule has 3 heterocycles. The molecule has 4 amide bonds. The molecule has 0 unspecified atom stereocenters. The number of nitrogens with one attached hydrogen (secondary N) is 2. The van der Waals surface area contributed by atoms with E-state index in [9.17, 15) is 14.4 Å². The van der Waals surface area contributed by atoms with Crippen LogP contribution < -0.4 is 15.4 Å². The van der Waals surface area contributed by atoms with Crippen LogP contribution in [0.5, 0.6) is 5.75 Å². The number of rotatable bonds is 6. The predicted molar refractivity (Wildman–Crippen MR) is 121 cm³/mol. The standard InChI is InChI=1S/C24H20N6O4/c1-34-20-7-5-18-13-30(23(32)21(18)9-20)14-19(29-24(33)28-15-31)6-4-16-10-26-22(27-11-16)17-3-2-8-25-12-17/h2-3,5,7-12,15,19H,13-14H2,1H3,(H2,28,29,31,33)/t19-/m1/s1. The minimum Gasteiger partial charge on any atom is -0.497 e. The Morgan fingerprint density at radius 2 is 2.09 bits per heavy atom. The molecule has 10 heteroatoms. The van der Waals surface area contributed by atoms with Crippen LogP contribution in [0.1, 0.15) is 21.5 Å². The third kappa shape index (κ3) is 5.16. The molecule has 34 heavy (non-hydrogen) atoms. The number of pyridine rings is 1. The van der Waals surface area contributed by atoms with Gasteiger partial charge in [0, 0.05) is 42.5 Å². The van der Waals surface area contributed by atoms with Crippen LogP contribution in [-0.2, 0) is 11.3 Å². The van der Waals surface area contributed by atoms with Gasteiger partial charge in [0.15, 0.2) is 5.82 Å². The zero-order chi connectivity index (χ0) is 23.9. The zero-order valence-electron chi connectivity index (χ0n) is 18.2. The summed E-state index contributed by atoms with van der Waals surface area (Å²) in [6.07, 6.45) is 6.72. The van der Waals surface area contributed by atoms with Crippen molar-refractivity contribution in [1.29, 1.82) is 0 Å². The van der Waals surface area contributed by atoms with Crippen LogP contribution >= 0.6 is 0 Å². The summed E-state index contributed by atoms with van der Waals surface area (Å²) in [4.78, 5) is 49.7. The molecule has 1 aliphatic rings. The number of nitrogens with zero attached hydrogens (tertiary/aromatic N) is 4. The van der Waals surface area contributed by atoms with Gasteiger partial charge in [-0.1, -0.05) is 17.9 Å². The molecular weight excluding hydrogens is 436 g/mol. The maximum absolute atomic E-state index is 12.9. The summed E-state index contributed by atoms with van der Waals surface area (Å²) < 4.78 is 5.20. The summed E-state index contributed by atoms with van der Waals surface area (Å²) in [6, 6.07) is 7.48. The summed E-state index contributed by atoms with van der Waals surface area (Å²) in [7, 11) is 1.53. The number of fused-ring (bicyclic) bond motifs is 1. The van der Waals surface area contributed by atoms with E-state index in [1.54, 1.807) is 47.9 Å². The second kappa shape index (κ2) is 10.2. The Morgan fingerprint density at radius 1 is 1.26 bits per heavy atom. The van der Waals surface area contributed by atoms with Crippen molar-refractivity contribution in [2.75, 3.05) is 13.7 Å². The molecule has 170 valence electrons. The fourth-order valence-electron chi connectivity index (χ4n) is 3.42. The van der Waals surface area contributed by atoms with Gasteiger partial charge in [0.05, 0.1) is 19.2 Å². The molecule has 1 aromatic carbocycles. The van der Waals surface area contributed by atoms with Gasteiger partial charge in [0.25, 0.3) is 5.91 Å². The number of imide groups is 1. The lowest BCUT2D eigenvalue weighted by molar-refractivity contribution is -0.108. The number of amides is 4. The van der Waals surface area contributed by atoms with E-state index < -0.39 is 12.1 Å². The van der Waals surface area contributed by atoms with Gasteiger partial charge in [-0.2, -0.15) is 0 Å². The van der Waals surface area contributed by atoms with E-state index in [1.807, 2.05) is 17.4 Å². The lowest BCUT2D eigenvalue weighted by Gasteiger charge is -2.20. The van der Waals surface area contributed by atoms with Crippen molar-refractivity contribution >= 4 is 18.3 Å². The summed E-state index contributed by atoms with van der Waals surface area (Å²) >= 11 is 0. The Kier molecular flexibility index (Phi) is 6.74. The van der Waals surface area contributed by atoms with Crippen LogP contribution in [0.25, 0.3) is 11.4 Å². The topological polar surface area (TPSA) is 126 Å². The Morgan fingerprint density at radius 3 is 2.79 bits per heavy atom. The third-order valence-corrected chi connectivity index (χ3v) is 5.06. The average molecular weight is 456 g/mol. The number of carbonyl (C=O) groups is 3. The summed E-state index contributed by atoms with van der Waals surface area (Å²) in [5.74, 6) is 6.76. The Bertz CT molecular complexity index is 1270. The molecule has 2 aromatic heterocycles. The van der Waals surface area contributed by atoms with Gasteiger partial charge in [-0.05, 0) is 29.8 Å². The fraction of sp³-hybridized carbons (Fsp3) is 0.167. The van der Waals surface area contributed by atoms with Crippen LogP contribution in [0.2, 0.25) is 0 Å². The first-order valence-corrected chi connectivity index (χ1v) is 10.3. The monoisotopic (exact) mass is 456 g/mol. The van der Waals surface area contributed by atoms with Gasteiger partial charge in [0.1, 0.15) is 11.8 Å². The fourth-order valence-corrected chi connectivity index (χ4v) is 3.42. The zero-order valence-corrected chi connectivity index (χ0v) is 18.2. The normalized spacial score (nSPS) is 12.7. The summed E-state index contributed by atoms with van der Waals surface area (Å²) in [6.45, 7) is 0.486. The minimum absolute atomic E-state index is 0.115. The van der Waals surface area contributed by atoms with Gasteiger partial charge in [-0.3, -0.25) is 19.9 Å². The van der Waals surface area contributed by atoms with Crippen molar-refractivity contribution < 1.29 is 19.1 Å². The molecule has 0 radical (unpaired) electrons. The second-order valence-corrected chi connectivity index (χ2v) is 7.30. The number of hydrogen-bond acceptors (Lipinski definition) is 7. The van der Waals surface area contributed by atoms with Crippen LogP contribution in [0.4, 0.5) is 4.79 Å². The second-order valence-electron chi connectivity index (χ2n) is 7.30. The molecule has 2 N–H and O–H groups in total. The van der Waals surface area contributed by atoms with Crippen LogP contribution in [-0.4, -0.2) is 57.9 Å². The van der Waals surface area contributed by atoms with E-state index >= 15 is 0 Å². The first-order chi connectivity index (χ1) is 16.6. The van der Waals surface area contributed by atoms with Crippen molar-refractivity contribution in [3.8, 4) is 29.0 Å². The van der Waals surface area contributed by atoms with Gasteiger partial charge in [-0.25, -0.2) is 14.8 Å². The van der Waals surface area contributed by atoms with E-state index in [2.05, 4.69) is 32.1 Å². The van der Waals surface area contributed by atoms with Crippen LogP contribution in [0, 0.1) is 11.8 Å². The maximum Gasteiger partial charge on any atom is 0.322 e. The molecule has 0 spiro atoms. The Labute approximate surface area is 195 Å². The Hall–Kier alpha value is -4.78. The summed E-state index contributed by atoms with van der Waals surface area (Å²) in [5.41, 5.74) is 2.70. The third-order valence-electron chi connectivity index (χ3n) is 5.06. The number of carbonyl (C=O) groups excluding carboxylic acids is 3. The van der Waals surface area contributed by atoms with Crippen molar-refractivity contribution in [3.05, 3.63) is 71.8 Å². The predicted octanol–water partition coefficient (Wildman–Crippen LogP) is 1.38. The largest absolute Gasteiger partial charge is 0.497 e. The number of methoxy groups -OCH3 is 1. The van der Waals surface area contributed by atoms with Crippen molar-refractivity contribution in [2.45, 2.75) is 12.6 Å². The number of aromatic nitrogens is 3. The first-order valence-electron chi connectivity index (χ1n) is 10.3. The van der Waals surface area contributed by atoms with Crippen LogP contribution in [0.15, 0.2) is 55.1 Å². The van der Waals surface area contributed by atoms with E-state index in [4.69, 9.17) is 4.74 Å². The van der Waals surface area contributed by atoms with E-state index in [0.717, 1.165) is 11.1 Å². The molecule has 4 rings (SSSR count).